The lowest BCUT2D eigenvalue weighted by atomic mass is 9.87. The van der Waals surface area contributed by atoms with Crippen LogP contribution in [0.5, 0.6) is 11.5 Å². The summed E-state index contributed by atoms with van der Waals surface area (Å²) in [5.41, 5.74) is 3.13. The highest BCUT2D eigenvalue weighted by atomic mass is 16.5. The minimum atomic E-state index is -0.510. The van der Waals surface area contributed by atoms with Gasteiger partial charge < -0.3 is 19.9 Å². The average molecular weight is 399 g/mol. The molecule has 3 heterocycles. The van der Waals surface area contributed by atoms with Crippen molar-refractivity contribution >= 4 is 11.9 Å². The van der Waals surface area contributed by atoms with Crippen LogP contribution in [0.1, 0.15) is 50.7 Å². The van der Waals surface area contributed by atoms with E-state index in [9.17, 15) is 9.90 Å². The van der Waals surface area contributed by atoms with Gasteiger partial charge in [0.2, 0.25) is 0 Å². The van der Waals surface area contributed by atoms with Crippen LogP contribution in [-0.2, 0) is 11.3 Å². The number of hydrogen-bond donors (Lipinski definition) is 3. The number of piperidine rings is 1. The molecule has 1 aromatic heterocycles. The van der Waals surface area contributed by atoms with Crippen LogP contribution in [0.4, 0.5) is 10.6 Å². The number of amides is 1. The first kappa shape index (κ1) is 20.9. The number of carbonyl (C=O) groups is 1. The van der Waals surface area contributed by atoms with E-state index in [1.165, 1.54) is 0 Å². The fourth-order valence-corrected chi connectivity index (χ4v) is 3.84. The first-order chi connectivity index (χ1) is 13.7. The molecular formula is C22H29N3O4. The van der Waals surface area contributed by atoms with Gasteiger partial charge in [-0.15, -0.1) is 0 Å². The molecule has 0 radical (unpaired) electrons. The van der Waals surface area contributed by atoms with Crippen LogP contribution in [-0.4, -0.2) is 35.9 Å². The van der Waals surface area contributed by atoms with Crippen LogP contribution in [0.2, 0.25) is 0 Å². The number of phenols is 1. The third kappa shape index (κ3) is 4.29. The zero-order chi connectivity index (χ0) is 19.5. The molecule has 1 amide bonds. The highest BCUT2D eigenvalue weighted by Crippen LogP contribution is 2.41. The van der Waals surface area contributed by atoms with Crippen molar-refractivity contribution < 1.29 is 19.4 Å². The normalized spacial score (nSPS) is 18.1. The van der Waals surface area contributed by atoms with Crippen molar-refractivity contribution in [2.24, 2.45) is 0 Å². The lowest BCUT2D eigenvalue weighted by Gasteiger charge is -2.28. The molecular weight excluding hydrogens is 370 g/mol. The van der Waals surface area contributed by atoms with Crippen LogP contribution in [0.3, 0.4) is 0 Å². The van der Waals surface area contributed by atoms with Gasteiger partial charge in [0.15, 0.2) is 0 Å². The second kappa shape index (κ2) is 9.13. The van der Waals surface area contributed by atoms with Crippen LogP contribution in [0, 0.1) is 0 Å². The number of nitrogens with zero attached hydrogens (tertiary/aromatic N) is 1. The number of aromatic nitrogens is 1. The maximum Gasteiger partial charge on any atom is 0.413 e. The Bertz CT molecular complexity index is 879. The van der Waals surface area contributed by atoms with Gasteiger partial charge in [0, 0.05) is 12.1 Å². The van der Waals surface area contributed by atoms with Gasteiger partial charge in [-0.2, -0.15) is 0 Å². The van der Waals surface area contributed by atoms with E-state index in [2.05, 4.69) is 15.6 Å². The van der Waals surface area contributed by atoms with E-state index in [1.807, 2.05) is 19.1 Å². The van der Waals surface area contributed by atoms with Crippen LogP contribution >= 0.6 is 0 Å². The van der Waals surface area contributed by atoms with Gasteiger partial charge in [0.05, 0.1) is 17.9 Å². The quantitative estimate of drug-likeness (QED) is 0.690. The summed E-state index contributed by atoms with van der Waals surface area (Å²) >= 11 is 0. The predicted octanol–water partition coefficient (Wildman–Crippen LogP) is 4.41. The lowest BCUT2D eigenvalue weighted by molar-refractivity contribution is 0.150. The van der Waals surface area contributed by atoms with Crippen molar-refractivity contribution in [3.8, 4) is 22.8 Å². The molecule has 1 atom stereocenters. The Kier molecular flexibility index (Phi) is 6.59. The molecule has 2 aliphatic rings. The van der Waals surface area contributed by atoms with E-state index in [0.29, 0.717) is 35.3 Å². The van der Waals surface area contributed by atoms with E-state index in [0.717, 1.165) is 43.5 Å². The summed E-state index contributed by atoms with van der Waals surface area (Å²) < 4.78 is 11.0. The van der Waals surface area contributed by atoms with Gasteiger partial charge in [0.25, 0.3) is 0 Å². The molecule has 0 saturated carbocycles. The minimum Gasteiger partial charge on any atom is -0.507 e. The van der Waals surface area contributed by atoms with Gasteiger partial charge in [-0.3, -0.25) is 5.32 Å². The monoisotopic (exact) mass is 399 g/mol. The number of rotatable bonds is 5. The summed E-state index contributed by atoms with van der Waals surface area (Å²) in [6, 6.07) is 7.21. The molecule has 7 nitrogen and oxygen atoms in total. The SMILES string of the molecule is C.CCCOc1cccc(O)c1-c1cc(C2CCCNC2)c2c(n1)NC(=O)OC2. The molecule has 3 N–H and O–H groups in total. The smallest absolute Gasteiger partial charge is 0.413 e. The van der Waals surface area contributed by atoms with E-state index < -0.39 is 6.09 Å². The minimum absolute atomic E-state index is 0. The maximum atomic E-state index is 11.8. The standard InChI is InChI=1S/C21H25N3O4.CH4/c1-2-9-27-18-7-3-6-17(25)19(18)16-10-14(13-5-4-8-22-11-13)15-12-28-21(26)24-20(15)23-16;/h3,6-7,10,13,22,25H,2,4-5,8-9,11-12H2,1H3,(H,23,24,26);1H4. The molecule has 1 saturated heterocycles. The van der Waals surface area contributed by atoms with Crippen molar-refractivity contribution in [2.45, 2.75) is 46.1 Å². The van der Waals surface area contributed by atoms with Gasteiger partial charge in [0.1, 0.15) is 23.9 Å². The van der Waals surface area contributed by atoms with E-state index in [-0.39, 0.29) is 19.8 Å². The van der Waals surface area contributed by atoms with Crippen molar-refractivity contribution in [1.29, 1.82) is 0 Å². The third-order valence-electron chi connectivity index (χ3n) is 5.19. The third-order valence-corrected chi connectivity index (χ3v) is 5.19. The first-order valence-electron chi connectivity index (χ1n) is 9.80. The van der Waals surface area contributed by atoms with Gasteiger partial charge in [-0.05, 0) is 55.5 Å². The second-order valence-corrected chi connectivity index (χ2v) is 7.17. The van der Waals surface area contributed by atoms with Gasteiger partial charge in [-0.1, -0.05) is 20.4 Å². The summed E-state index contributed by atoms with van der Waals surface area (Å²) in [6.45, 7) is 4.66. The Balaban J connectivity index is 0.00000240. The maximum absolute atomic E-state index is 11.8. The molecule has 0 aliphatic carbocycles. The van der Waals surface area contributed by atoms with E-state index >= 15 is 0 Å². The number of benzene rings is 1. The van der Waals surface area contributed by atoms with Crippen LogP contribution in [0.25, 0.3) is 11.3 Å². The van der Waals surface area contributed by atoms with Crippen LogP contribution in [0.15, 0.2) is 24.3 Å². The van der Waals surface area contributed by atoms with Crippen LogP contribution < -0.4 is 15.4 Å². The number of fused-ring (bicyclic) bond motifs is 1. The number of aromatic hydroxyl groups is 1. The highest BCUT2D eigenvalue weighted by molar-refractivity contribution is 5.88. The molecule has 2 aromatic rings. The molecule has 0 spiro atoms. The molecule has 0 bridgehead atoms. The molecule has 2 aliphatic heterocycles. The average Bonchev–Trinajstić information content (AvgIpc) is 2.72. The van der Waals surface area contributed by atoms with Crippen molar-refractivity contribution in [1.82, 2.24) is 10.3 Å². The highest BCUT2D eigenvalue weighted by Gasteiger charge is 2.28. The van der Waals surface area contributed by atoms with Gasteiger partial charge >= 0.3 is 6.09 Å². The molecule has 1 aromatic carbocycles. The number of ether oxygens (including phenoxy) is 2. The fourth-order valence-electron chi connectivity index (χ4n) is 3.84. The molecule has 4 rings (SSSR count). The van der Waals surface area contributed by atoms with Crippen molar-refractivity contribution in [3.05, 3.63) is 35.4 Å². The second-order valence-electron chi connectivity index (χ2n) is 7.17. The van der Waals surface area contributed by atoms with E-state index in [1.54, 1.807) is 12.1 Å². The Labute approximate surface area is 171 Å². The van der Waals surface area contributed by atoms with Crippen molar-refractivity contribution in [3.63, 3.8) is 0 Å². The Morgan fingerprint density at radius 3 is 3.00 bits per heavy atom. The van der Waals surface area contributed by atoms with Crippen molar-refractivity contribution in [2.75, 3.05) is 25.0 Å². The molecule has 7 heteroatoms. The first-order valence-corrected chi connectivity index (χ1v) is 9.80. The molecule has 1 unspecified atom stereocenters. The van der Waals surface area contributed by atoms with E-state index in [4.69, 9.17) is 9.47 Å². The summed E-state index contributed by atoms with van der Waals surface area (Å²) in [7, 11) is 0. The largest absolute Gasteiger partial charge is 0.507 e. The Hall–Kier alpha value is -2.80. The molecule has 156 valence electrons. The predicted molar refractivity (Wildman–Crippen MR) is 113 cm³/mol. The Morgan fingerprint density at radius 2 is 2.24 bits per heavy atom. The number of hydrogen-bond acceptors (Lipinski definition) is 6. The fraction of sp³-hybridized carbons (Fsp3) is 0.455. The number of phenolic OH excluding ortho intramolecular Hbond substituents is 1. The zero-order valence-corrected chi connectivity index (χ0v) is 16.0. The Morgan fingerprint density at radius 1 is 1.38 bits per heavy atom. The number of anilines is 1. The summed E-state index contributed by atoms with van der Waals surface area (Å²) in [6.07, 6.45) is 2.49. The van der Waals surface area contributed by atoms with Gasteiger partial charge in [-0.25, -0.2) is 9.78 Å². The summed E-state index contributed by atoms with van der Waals surface area (Å²) in [5.74, 6) is 1.49. The summed E-state index contributed by atoms with van der Waals surface area (Å²) in [4.78, 5) is 16.4. The zero-order valence-electron chi connectivity index (χ0n) is 16.0. The molecule has 1 fully saturated rings. The number of carbonyl (C=O) groups excluding carboxylic acids is 1. The topological polar surface area (TPSA) is 92.7 Å². The number of pyridine rings is 1. The molecule has 29 heavy (non-hydrogen) atoms. The lowest BCUT2D eigenvalue weighted by Crippen LogP contribution is -2.30. The number of nitrogens with one attached hydrogen (secondary N) is 2. The number of cyclic esters (lactones) is 1. The summed E-state index contributed by atoms with van der Waals surface area (Å²) in [5, 5.41) is 16.7.